The Morgan fingerprint density at radius 3 is 2.11 bits per heavy atom. The molecule has 2 N–H and O–H groups in total. The number of amides is 2. The van der Waals surface area contributed by atoms with Gasteiger partial charge in [-0.15, -0.1) is 0 Å². The van der Waals surface area contributed by atoms with Crippen LogP contribution in [0.15, 0.2) is 0 Å². The third kappa shape index (κ3) is 9.72. The van der Waals surface area contributed by atoms with E-state index in [-0.39, 0.29) is 24.8 Å². The molecule has 1 saturated carbocycles. The Labute approximate surface area is 140 Å². The first-order chi connectivity index (χ1) is 8.17. The van der Waals surface area contributed by atoms with E-state index in [2.05, 4.69) is 23.0 Å². The third-order valence-electron chi connectivity index (χ3n) is 3.80. The number of hydrogen-bond donors (Lipinski definition) is 2. The summed E-state index contributed by atoms with van der Waals surface area (Å²) in [4.78, 5) is 19.4. The fourth-order valence-corrected chi connectivity index (χ4v) is 2.58. The Bertz CT molecular complexity index is 230. The van der Waals surface area contributed by atoms with Gasteiger partial charge in [-0.2, -0.15) is 0 Å². The van der Waals surface area contributed by atoms with Crippen LogP contribution in [0.5, 0.6) is 0 Å². The van der Waals surface area contributed by atoms with E-state index < -0.39 is 0 Å². The molecule has 0 aromatic heterocycles. The molecule has 1 unspecified atom stereocenters. The van der Waals surface area contributed by atoms with Gasteiger partial charge in [-0.3, -0.25) is 4.79 Å². The molecule has 0 heterocycles. The van der Waals surface area contributed by atoms with Gasteiger partial charge in [0.05, 0.1) is 0 Å². The normalized spacial score (nSPS) is 19.5. The molecular formula is C12H23Cl2N2O2Ti. The minimum atomic E-state index is 0. The first-order valence-corrected chi connectivity index (χ1v) is 7.01. The molecular weight excluding hydrogens is 323 g/mol. The maximum absolute atomic E-state index is 10.3. The topological polar surface area (TPSA) is 58.2 Å². The monoisotopic (exact) mass is 345 g/mol. The van der Waals surface area contributed by atoms with E-state index in [0.29, 0.717) is 17.9 Å². The molecule has 0 aromatic carbocycles. The summed E-state index contributed by atoms with van der Waals surface area (Å²) < 4.78 is 2.25. The van der Waals surface area contributed by atoms with Crippen LogP contribution in [-0.2, 0) is 30.3 Å². The van der Waals surface area contributed by atoms with Crippen LogP contribution in [0.25, 0.3) is 0 Å². The minimum absolute atomic E-state index is 0. The van der Waals surface area contributed by atoms with Crippen LogP contribution >= 0.6 is 0 Å². The zero-order valence-electron chi connectivity index (χ0n) is 11.5. The predicted molar refractivity (Wildman–Crippen MR) is 63.7 cm³/mol. The summed E-state index contributed by atoms with van der Waals surface area (Å²) in [6.45, 7) is 4.54. The van der Waals surface area contributed by atoms with E-state index in [1.807, 2.05) is 0 Å². The van der Waals surface area contributed by atoms with Crippen LogP contribution < -0.4 is 33.9 Å². The van der Waals surface area contributed by atoms with Gasteiger partial charge >= 0.3 is 35.7 Å². The molecule has 0 saturated heterocycles. The maximum Gasteiger partial charge on any atom is -1.00 e. The SMILES string of the molecule is CCC1(CC)CCCC(NC=O)C1.O=C[NH][Ti+2].[Cl-].[Cl-]. The second-order valence-corrected chi connectivity index (χ2v) is 5.00. The van der Waals surface area contributed by atoms with E-state index in [1.165, 1.54) is 38.5 Å². The van der Waals surface area contributed by atoms with Crippen LogP contribution in [0.4, 0.5) is 0 Å². The second kappa shape index (κ2) is 14.6. The zero-order chi connectivity index (χ0) is 13.1. The van der Waals surface area contributed by atoms with Gasteiger partial charge in [-0.1, -0.05) is 33.1 Å². The van der Waals surface area contributed by atoms with Crippen molar-refractivity contribution in [2.75, 3.05) is 0 Å². The quantitative estimate of drug-likeness (QED) is 0.391. The van der Waals surface area contributed by atoms with Crippen molar-refractivity contribution in [1.82, 2.24) is 9.12 Å². The molecule has 0 aliphatic heterocycles. The Kier molecular flexibility index (Phi) is 18.7. The molecule has 0 spiro atoms. The zero-order valence-corrected chi connectivity index (χ0v) is 14.6. The van der Waals surface area contributed by atoms with Crippen molar-refractivity contribution in [3.8, 4) is 0 Å². The van der Waals surface area contributed by atoms with E-state index in [0.717, 1.165) is 6.41 Å². The molecule has 0 radical (unpaired) electrons. The molecule has 19 heavy (non-hydrogen) atoms. The van der Waals surface area contributed by atoms with Crippen LogP contribution in [-0.4, -0.2) is 18.9 Å². The van der Waals surface area contributed by atoms with Gasteiger partial charge in [-0.25, -0.2) is 0 Å². The molecule has 0 bridgehead atoms. The van der Waals surface area contributed by atoms with Crippen LogP contribution in [0.1, 0.15) is 52.4 Å². The van der Waals surface area contributed by atoms with Crippen molar-refractivity contribution in [1.29, 1.82) is 0 Å². The van der Waals surface area contributed by atoms with Gasteiger partial charge in [0.2, 0.25) is 6.41 Å². The Balaban J connectivity index is -0.000000379. The van der Waals surface area contributed by atoms with E-state index >= 15 is 0 Å². The van der Waals surface area contributed by atoms with Crippen molar-refractivity contribution in [2.45, 2.75) is 58.4 Å². The molecule has 1 fully saturated rings. The van der Waals surface area contributed by atoms with Gasteiger partial charge in [-0.05, 0) is 24.7 Å². The van der Waals surface area contributed by atoms with Crippen molar-refractivity contribution in [2.24, 2.45) is 5.41 Å². The Morgan fingerprint density at radius 1 is 1.21 bits per heavy atom. The average Bonchev–Trinajstić information content (AvgIpc) is 2.39. The summed E-state index contributed by atoms with van der Waals surface area (Å²) in [5, 5.41) is 2.93. The van der Waals surface area contributed by atoms with Gasteiger partial charge in [0.15, 0.2) is 0 Å². The summed E-state index contributed by atoms with van der Waals surface area (Å²) in [5.74, 6) is 0. The van der Waals surface area contributed by atoms with Gasteiger partial charge in [0.1, 0.15) is 0 Å². The maximum atomic E-state index is 10.3. The number of halogens is 2. The molecule has 2 amide bonds. The first kappa shape index (κ1) is 24.3. The van der Waals surface area contributed by atoms with Crippen LogP contribution in [0.3, 0.4) is 0 Å². The van der Waals surface area contributed by atoms with Crippen molar-refractivity contribution in [3.63, 3.8) is 0 Å². The number of carbonyl (C=O) groups is 2. The molecule has 1 rings (SSSR count). The smallest absolute Gasteiger partial charge is 1.00 e. The summed E-state index contributed by atoms with van der Waals surface area (Å²) >= 11 is 1.56. The second-order valence-electron chi connectivity index (χ2n) is 4.55. The van der Waals surface area contributed by atoms with Crippen LogP contribution in [0.2, 0.25) is 0 Å². The predicted octanol–water partition coefficient (Wildman–Crippen LogP) is -4.32. The molecule has 7 heteroatoms. The first-order valence-electron chi connectivity index (χ1n) is 6.23. The van der Waals surface area contributed by atoms with Crippen LogP contribution in [0, 0.1) is 5.41 Å². The summed E-state index contributed by atoms with van der Waals surface area (Å²) in [7, 11) is 0. The van der Waals surface area contributed by atoms with E-state index in [4.69, 9.17) is 4.79 Å². The average molecular weight is 346 g/mol. The molecule has 1 atom stereocenters. The van der Waals surface area contributed by atoms with Crippen molar-refractivity contribution >= 4 is 12.8 Å². The molecule has 0 aromatic rings. The van der Waals surface area contributed by atoms with Gasteiger partial charge in [0.25, 0.3) is 0 Å². The largest absolute Gasteiger partial charge is 1.00 e. The fourth-order valence-electron chi connectivity index (χ4n) is 2.58. The standard InChI is InChI=1S/C11H21NO.CH3NO.2ClH.Ti/c1-3-11(4-2)7-5-6-10(8-11)12-9-13;2-1-3;;;/h9-10H,3-8H2,1-2H3,(H,12,13);1H,(H2,2,3);2*1H;/q;;;;+3/p-3. The number of carbonyl (C=O) groups excluding carboxylic acids is 2. The number of rotatable bonds is 5. The molecule has 1 aliphatic carbocycles. The van der Waals surface area contributed by atoms with E-state index in [9.17, 15) is 4.79 Å². The van der Waals surface area contributed by atoms with Gasteiger partial charge in [0, 0.05) is 6.04 Å². The Morgan fingerprint density at radius 2 is 1.74 bits per heavy atom. The third-order valence-corrected chi connectivity index (χ3v) is 3.99. The molecule has 111 valence electrons. The summed E-state index contributed by atoms with van der Waals surface area (Å²) in [6, 6.07) is 0.436. The van der Waals surface area contributed by atoms with Crippen molar-refractivity contribution < 1.29 is 55.1 Å². The number of nitrogens with one attached hydrogen (secondary N) is 2. The molecule has 4 nitrogen and oxygen atoms in total. The Hall–Kier alpha value is 0.234. The summed E-state index contributed by atoms with van der Waals surface area (Å²) in [5.41, 5.74) is 0.513. The fraction of sp³-hybridized carbons (Fsp3) is 0.833. The van der Waals surface area contributed by atoms with E-state index in [1.54, 1.807) is 20.7 Å². The minimum Gasteiger partial charge on any atom is -1.00 e. The summed E-state index contributed by atoms with van der Waals surface area (Å²) in [6.07, 6.45) is 8.94. The molecule has 1 aliphatic rings. The van der Waals surface area contributed by atoms with Crippen molar-refractivity contribution in [3.05, 3.63) is 0 Å². The van der Waals surface area contributed by atoms with Gasteiger partial charge < -0.3 is 30.1 Å². The number of hydrogen-bond acceptors (Lipinski definition) is 2.